The van der Waals surface area contributed by atoms with Crippen LogP contribution in [0.2, 0.25) is 5.02 Å². The molecule has 8 nitrogen and oxygen atoms in total. The molecule has 2 atom stereocenters. The molecule has 29 heavy (non-hydrogen) atoms. The maximum absolute atomic E-state index is 12.3. The zero-order chi connectivity index (χ0) is 21.4. The van der Waals surface area contributed by atoms with E-state index in [0.717, 1.165) is 0 Å². The number of alkyl carbamates (subject to hydrolysis) is 1. The Bertz CT molecular complexity index is 941. The Hall–Kier alpha value is -1.78. The van der Waals surface area contributed by atoms with Gasteiger partial charge in [-0.3, -0.25) is 4.79 Å². The van der Waals surface area contributed by atoms with Crippen LogP contribution in [0.3, 0.4) is 0 Å². The van der Waals surface area contributed by atoms with Gasteiger partial charge in [0.05, 0.1) is 17.5 Å². The van der Waals surface area contributed by atoms with Crippen LogP contribution in [0.25, 0.3) is 0 Å². The van der Waals surface area contributed by atoms with E-state index in [4.69, 9.17) is 16.3 Å². The highest BCUT2D eigenvalue weighted by Crippen LogP contribution is 2.41. The predicted molar refractivity (Wildman–Crippen MR) is 114 cm³/mol. The normalized spacial score (nSPS) is 24.4. The van der Waals surface area contributed by atoms with Crippen LogP contribution in [-0.4, -0.2) is 60.5 Å². The summed E-state index contributed by atoms with van der Waals surface area (Å²) < 4.78 is 29.2. The van der Waals surface area contributed by atoms with Gasteiger partial charge in [0.15, 0.2) is 15.0 Å². The number of fused-ring (bicyclic) bond motifs is 1. The van der Waals surface area contributed by atoms with Crippen LogP contribution in [0.4, 0.5) is 10.5 Å². The van der Waals surface area contributed by atoms with Crippen LogP contribution in [0.1, 0.15) is 20.8 Å². The van der Waals surface area contributed by atoms with E-state index < -0.39 is 27.4 Å². The Labute approximate surface area is 178 Å². The van der Waals surface area contributed by atoms with Gasteiger partial charge in [0.1, 0.15) is 12.1 Å². The largest absolute Gasteiger partial charge is 0.444 e. The SMILES string of the molecule is CC(C)(C)OC(=O)NCC(=O)N=C1S[C@@H]2CS(=O)(=O)C[C@@H]2N1c1ccc(Cl)cc1. The zero-order valence-corrected chi connectivity index (χ0v) is 18.6. The lowest BCUT2D eigenvalue weighted by atomic mass is 10.2. The standard InChI is InChI=1S/C18H22ClN3O5S2/c1-18(2,3)27-17(24)20-8-15(23)21-16-22(12-6-4-11(19)5-7-12)13-9-29(25,26)10-14(13)28-16/h4-7,13-14H,8-10H2,1-3H3,(H,20,24)/t13-,14+/m0/s1. The molecule has 2 amide bonds. The number of carbonyl (C=O) groups is 2. The summed E-state index contributed by atoms with van der Waals surface area (Å²) >= 11 is 7.22. The highest BCUT2D eigenvalue weighted by molar-refractivity contribution is 8.16. The molecule has 3 rings (SSSR count). The second-order valence-electron chi connectivity index (χ2n) is 7.79. The molecule has 158 valence electrons. The molecule has 2 fully saturated rings. The first-order valence-electron chi connectivity index (χ1n) is 8.94. The Morgan fingerprint density at radius 2 is 1.93 bits per heavy atom. The van der Waals surface area contributed by atoms with Gasteiger partial charge in [0.2, 0.25) is 0 Å². The first kappa shape index (κ1) is 21.9. The number of rotatable bonds is 3. The maximum atomic E-state index is 12.3. The van der Waals surface area contributed by atoms with Crippen LogP contribution >= 0.6 is 23.4 Å². The summed E-state index contributed by atoms with van der Waals surface area (Å²) in [7, 11) is -3.15. The van der Waals surface area contributed by atoms with Crippen molar-refractivity contribution in [2.24, 2.45) is 4.99 Å². The fourth-order valence-corrected chi connectivity index (χ4v) is 7.13. The van der Waals surface area contributed by atoms with Gasteiger partial charge in [0, 0.05) is 16.0 Å². The van der Waals surface area contributed by atoms with E-state index in [-0.39, 0.29) is 29.3 Å². The first-order chi connectivity index (χ1) is 13.4. The average Bonchev–Trinajstić information content (AvgIpc) is 3.03. The number of ether oxygens (including phenoxy) is 1. The van der Waals surface area contributed by atoms with E-state index in [1.54, 1.807) is 49.9 Å². The predicted octanol–water partition coefficient (Wildman–Crippen LogP) is 2.47. The summed E-state index contributed by atoms with van der Waals surface area (Å²) in [6, 6.07) is 6.60. The lowest BCUT2D eigenvalue weighted by Crippen LogP contribution is -2.38. The molecule has 2 aliphatic rings. The number of thioether (sulfide) groups is 1. The Morgan fingerprint density at radius 3 is 2.55 bits per heavy atom. The van der Waals surface area contributed by atoms with Gasteiger partial charge in [-0.2, -0.15) is 4.99 Å². The topological polar surface area (TPSA) is 105 Å². The van der Waals surface area contributed by atoms with Gasteiger partial charge in [-0.15, -0.1) is 0 Å². The third kappa shape index (κ3) is 5.64. The number of hydrogen-bond acceptors (Lipinski definition) is 6. The van der Waals surface area contributed by atoms with Crippen LogP contribution in [0, 0.1) is 0 Å². The zero-order valence-electron chi connectivity index (χ0n) is 16.2. The molecule has 0 aliphatic carbocycles. The monoisotopic (exact) mass is 459 g/mol. The molecule has 0 unspecified atom stereocenters. The van der Waals surface area contributed by atoms with Gasteiger partial charge in [0.25, 0.3) is 5.91 Å². The second-order valence-corrected chi connectivity index (χ2v) is 11.6. The number of hydrogen-bond donors (Lipinski definition) is 1. The first-order valence-corrected chi connectivity index (χ1v) is 12.0. The van der Waals surface area contributed by atoms with Crippen molar-refractivity contribution in [2.75, 3.05) is 23.0 Å². The van der Waals surface area contributed by atoms with Crippen molar-refractivity contribution in [3.63, 3.8) is 0 Å². The summed E-state index contributed by atoms with van der Waals surface area (Å²) in [6.07, 6.45) is -0.706. The molecule has 1 aromatic carbocycles. The van der Waals surface area contributed by atoms with Crippen LogP contribution in [-0.2, 0) is 19.4 Å². The summed E-state index contributed by atoms with van der Waals surface area (Å²) in [5.74, 6) is -0.521. The summed E-state index contributed by atoms with van der Waals surface area (Å²) in [5.41, 5.74) is 0.0346. The Morgan fingerprint density at radius 1 is 1.28 bits per heavy atom. The molecule has 2 heterocycles. The number of halogens is 1. The summed E-state index contributed by atoms with van der Waals surface area (Å²) in [6.45, 7) is 4.85. The van der Waals surface area contributed by atoms with Crippen LogP contribution < -0.4 is 10.2 Å². The lowest BCUT2D eigenvalue weighted by Gasteiger charge is -2.24. The molecule has 11 heteroatoms. The molecule has 0 aromatic heterocycles. The van der Waals surface area contributed by atoms with Crippen molar-refractivity contribution >= 4 is 56.1 Å². The molecule has 2 aliphatic heterocycles. The van der Waals surface area contributed by atoms with E-state index in [2.05, 4.69) is 10.3 Å². The fraction of sp³-hybridized carbons (Fsp3) is 0.500. The quantitative estimate of drug-likeness (QED) is 0.740. The highest BCUT2D eigenvalue weighted by Gasteiger charge is 2.49. The number of amidine groups is 1. The van der Waals surface area contributed by atoms with Gasteiger partial charge in [-0.05, 0) is 45.0 Å². The van der Waals surface area contributed by atoms with Gasteiger partial charge < -0.3 is 15.0 Å². The lowest BCUT2D eigenvalue weighted by molar-refractivity contribution is -0.117. The van der Waals surface area contributed by atoms with Crippen molar-refractivity contribution in [2.45, 2.75) is 37.7 Å². The number of nitrogens with one attached hydrogen (secondary N) is 1. The van der Waals surface area contributed by atoms with Crippen LogP contribution in [0.5, 0.6) is 0 Å². The second kappa shape index (κ2) is 8.16. The number of sulfone groups is 1. The summed E-state index contributed by atoms with van der Waals surface area (Å²) in [4.78, 5) is 29.9. The number of anilines is 1. The van der Waals surface area contributed by atoms with E-state index in [9.17, 15) is 18.0 Å². The van der Waals surface area contributed by atoms with Gasteiger partial charge in [-0.1, -0.05) is 23.4 Å². The Kier molecular flexibility index (Phi) is 6.16. The van der Waals surface area contributed by atoms with E-state index in [1.165, 1.54) is 11.8 Å². The van der Waals surface area contributed by atoms with E-state index in [1.807, 2.05) is 0 Å². The number of nitrogens with zero attached hydrogens (tertiary/aromatic N) is 2. The van der Waals surface area contributed by atoms with E-state index >= 15 is 0 Å². The third-order valence-corrected chi connectivity index (χ3v) is 7.64. The number of aliphatic imine (C=N–C) groups is 1. The minimum atomic E-state index is -3.15. The van der Waals surface area contributed by atoms with Crippen molar-refractivity contribution in [1.29, 1.82) is 0 Å². The molecule has 0 saturated carbocycles. The number of amides is 2. The molecule has 0 spiro atoms. The number of benzene rings is 1. The number of carbonyl (C=O) groups excluding carboxylic acids is 2. The van der Waals surface area contributed by atoms with E-state index in [0.29, 0.717) is 15.9 Å². The third-order valence-electron chi connectivity index (χ3n) is 4.17. The molecule has 0 bridgehead atoms. The Balaban J connectivity index is 1.77. The molecule has 0 radical (unpaired) electrons. The molecular weight excluding hydrogens is 438 g/mol. The minimum absolute atomic E-state index is 0.00331. The summed E-state index contributed by atoms with van der Waals surface area (Å²) in [5, 5.41) is 3.13. The minimum Gasteiger partial charge on any atom is -0.444 e. The van der Waals surface area contributed by atoms with Gasteiger partial charge >= 0.3 is 6.09 Å². The van der Waals surface area contributed by atoms with Crippen molar-refractivity contribution < 1.29 is 22.7 Å². The molecule has 1 aromatic rings. The van der Waals surface area contributed by atoms with Gasteiger partial charge in [-0.25, -0.2) is 13.2 Å². The van der Waals surface area contributed by atoms with Crippen molar-refractivity contribution in [3.8, 4) is 0 Å². The fourth-order valence-electron chi connectivity index (χ4n) is 3.08. The van der Waals surface area contributed by atoms with Crippen molar-refractivity contribution in [1.82, 2.24) is 5.32 Å². The smallest absolute Gasteiger partial charge is 0.408 e. The maximum Gasteiger partial charge on any atom is 0.408 e. The van der Waals surface area contributed by atoms with Crippen LogP contribution in [0.15, 0.2) is 29.3 Å². The molecule has 2 saturated heterocycles. The highest BCUT2D eigenvalue weighted by atomic mass is 35.5. The molecular formula is C18H22ClN3O5S2. The van der Waals surface area contributed by atoms with Crippen molar-refractivity contribution in [3.05, 3.63) is 29.3 Å². The molecule has 1 N–H and O–H groups in total. The average molecular weight is 460 g/mol.